The van der Waals surface area contributed by atoms with Gasteiger partial charge in [-0.3, -0.25) is 0 Å². The minimum atomic E-state index is 0.906. The van der Waals surface area contributed by atoms with Crippen molar-refractivity contribution in [1.29, 1.82) is 0 Å². The zero-order valence-corrected chi connectivity index (χ0v) is 25.8. The lowest BCUT2D eigenvalue weighted by Crippen LogP contribution is -1.93. The summed E-state index contributed by atoms with van der Waals surface area (Å²) in [6, 6.07) is 42.8. The highest BCUT2D eigenvalue weighted by Crippen LogP contribution is 2.50. The Morgan fingerprint density at radius 3 is 1.66 bits per heavy atom. The fourth-order valence-electron chi connectivity index (χ4n) is 7.29. The number of hydrogen-bond donors (Lipinski definition) is 0. The smallest absolute Gasteiger partial charge is 0.0540 e. The molecule has 0 atom stereocenters. The summed E-state index contributed by atoms with van der Waals surface area (Å²) in [5.41, 5.74) is 4.99. The third kappa shape index (κ3) is 3.62. The van der Waals surface area contributed by atoms with E-state index in [9.17, 15) is 0 Å². The number of rotatable bonds is 5. The molecule has 0 saturated heterocycles. The van der Waals surface area contributed by atoms with Crippen molar-refractivity contribution in [2.75, 3.05) is 0 Å². The molecule has 2 heterocycles. The summed E-state index contributed by atoms with van der Waals surface area (Å²) in [4.78, 5) is 0. The lowest BCUT2D eigenvalue weighted by molar-refractivity contribution is 1.08. The largest absolute Gasteiger partial charge is 0.134 e. The van der Waals surface area contributed by atoms with Gasteiger partial charge in [-0.1, -0.05) is 110 Å². The van der Waals surface area contributed by atoms with Gasteiger partial charge >= 0.3 is 0 Å². The molecule has 9 rings (SSSR count). The Kier molecular flexibility index (Phi) is 5.78. The summed E-state index contributed by atoms with van der Waals surface area (Å²) in [6.45, 7) is 8.51. The van der Waals surface area contributed by atoms with Crippen LogP contribution in [0.3, 0.4) is 0 Å². The number of benzene rings is 7. The summed E-state index contributed by atoms with van der Waals surface area (Å²) in [7, 11) is 0. The normalized spacial score (nSPS) is 12.0. The van der Waals surface area contributed by atoms with Gasteiger partial charge in [-0.25, -0.2) is 0 Å². The standard InChI is InChI=1S/C42H28S2/c1-3-4-13-25(2)37-27-14-5-7-16-29(27)38(30-17-8-6-15-28(30)37)26-22-23-36-34(24-26)40-32-19-10-9-18-31(32)39-33-20-11-12-21-35(33)43-41(39)42(40)44-36/h3,5-12,14-24H,1-2,4,13H2. The SMILES string of the molecule is C=CCCC(=C)c1c2ccccc2c(-c2ccc3sc4c5sc6ccccc6c5c5ccccc5c4c3c2)c2ccccc12. The van der Waals surface area contributed by atoms with Crippen LogP contribution in [0.25, 0.3) is 89.4 Å². The lowest BCUT2D eigenvalue weighted by Gasteiger charge is -2.18. The molecular weight excluding hydrogens is 569 g/mol. The second-order valence-corrected chi connectivity index (χ2v) is 13.7. The quantitative estimate of drug-likeness (QED) is 0.137. The third-order valence-corrected chi connectivity index (χ3v) is 11.7. The second kappa shape index (κ2) is 9.89. The molecule has 0 N–H and O–H groups in total. The molecule has 0 radical (unpaired) electrons. The van der Waals surface area contributed by atoms with Crippen LogP contribution in [0.4, 0.5) is 0 Å². The van der Waals surface area contributed by atoms with E-state index in [0.29, 0.717) is 0 Å². The first-order valence-electron chi connectivity index (χ1n) is 15.1. The molecule has 0 aliphatic carbocycles. The highest BCUT2D eigenvalue weighted by atomic mass is 32.1. The fraction of sp³-hybridized carbons (Fsp3) is 0.0476. The summed E-state index contributed by atoms with van der Waals surface area (Å²) in [6.07, 6.45) is 3.82. The van der Waals surface area contributed by atoms with E-state index in [-0.39, 0.29) is 0 Å². The monoisotopic (exact) mass is 596 g/mol. The van der Waals surface area contributed by atoms with Crippen molar-refractivity contribution in [3.63, 3.8) is 0 Å². The molecule has 0 fully saturated rings. The Morgan fingerprint density at radius 2 is 1.05 bits per heavy atom. The molecule has 0 nitrogen and oxygen atoms in total. The van der Waals surface area contributed by atoms with Crippen molar-refractivity contribution >= 4 is 101 Å². The van der Waals surface area contributed by atoms with E-state index in [4.69, 9.17) is 0 Å². The minimum Gasteiger partial charge on any atom is -0.134 e. The van der Waals surface area contributed by atoms with Crippen LogP contribution in [0.1, 0.15) is 18.4 Å². The van der Waals surface area contributed by atoms with E-state index in [0.717, 1.165) is 12.8 Å². The highest BCUT2D eigenvalue weighted by Gasteiger charge is 2.20. The second-order valence-electron chi connectivity index (χ2n) is 11.6. The van der Waals surface area contributed by atoms with Gasteiger partial charge in [0.15, 0.2) is 0 Å². The van der Waals surface area contributed by atoms with Gasteiger partial charge in [-0.2, -0.15) is 0 Å². The van der Waals surface area contributed by atoms with Crippen molar-refractivity contribution in [3.05, 3.63) is 140 Å². The Balaban J connectivity index is 1.40. The lowest BCUT2D eigenvalue weighted by atomic mass is 9.85. The first-order valence-corrected chi connectivity index (χ1v) is 16.8. The van der Waals surface area contributed by atoms with Gasteiger partial charge in [-0.05, 0) is 85.6 Å². The van der Waals surface area contributed by atoms with E-state index in [1.165, 1.54) is 94.9 Å². The van der Waals surface area contributed by atoms with Gasteiger partial charge in [0.05, 0.1) is 9.40 Å². The maximum absolute atomic E-state index is 4.56. The van der Waals surface area contributed by atoms with Crippen LogP contribution < -0.4 is 0 Å². The van der Waals surface area contributed by atoms with Gasteiger partial charge in [-0.15, -0.1) is 29.3 Å². The molecule has 0 amide bonds. The van der Waals surface area contributed by atoms with Crippen LogP contribution in [0.15, 0.2) is 134 Å². The first-order chi connectivity index (χ1) is 21.7. The predicted octanol–water partition coefficient (Wildman–Crippen LogP) is 13.5. The number of fused-ring (bicyclic) bond motifs is 12. The van der Waals surface area contributed by atoms with E-state index in [2.05, 4.69) is 128 Å². The topological polar surface area (TPSA) is 0 Å². The van der Waals surface area contributed by atoms with Crippen LogP contribution in [-0.2, 0) is 0 Å². The molecule has 0 aliphatic rings. The third-order valence-electron chi connectivity index (χ3n) is 9.18. The van der Waals surface area contributed by atoms with Crippen molar-refractivity contribution in [2.45, 2.75) is 12.8 Å². The summed E-state index contributed by atoms with van der Waals surface area (Å²) in [5, 5.41) is 13.2. The van der Waals surface area contributed by atoms with E-state index < -0.39 is 0 Å². The van der Waals surface area contributed by atoms with Crippen molar-refractivity contribution in [1.82, 2.24) is 0 Å². The van der Waals surface area contributed by atoms with Gasteiger partial charge in [0.25, 0.3) is 0 Å². The Morgan fingerprint density at radius 1 is 0.545 bits per heavy atom. The molecule has 2 heteroatoms. The minimum absolute atomic E-state index is 0.906. The molecule has 0 aliphatic heterocycles. The average molecular weight is 597 g/mol. The van der Waals surface area contributed by atoms with Crippen LogP contribution in [0.5, 0.6) is 0 Å². The molecule has 0 unspecified atom stereocenters. The summed E-state index contributed by atoms with van der Waals surface area (Å²) < 4.78 is 5.49. The van der Waals surface area contributed by atoms with Crippen LogP contribution in [0.2, 0.25) is 0 Å². The molecule has 9 aromatic rings. The van der Waals surface area contributed by atoms with E-state index >= 15 is 0 Å². The molecule has 0 bridgehead atoms. The number of hydrogen-bond acceptors (Lipinski definition) is 2. The van der Waals surface area contributed by atoms with Crippen molar-refractivity contribution < 1.29 is 0 Å². The van der Waals surface area contributed by atoms with Gasteiger partial charge in [0, 0.05) is 30.9 Å². The fourth-order valence-corrected chi connectivity index (χ4v) is 9.85. The maximum Gasteiger partial charge on any atom is 0.0540 e. The molecule has 7 aromatic carbocycles. The van der Waals surface area contributed by atoms with Gasteiger partial charge in [0.2, 0.25) is 0 Å². The molecule has 2 aromatic heterocycles. The number of allylic oxidation sites excluding steroid dienone is 2. The van der Waals surface area contributed by atoms with Crippen LogP contribution >= 0.6 is 22.7 Å². The van der Waals surface area contributed by atoms with Gasteiger partial charge in [0.1, 0.15) is 0 Å². The number of thiophene rings is 2. The predicted molar refractivity (Wildman–Crippen MR) is 199 cm³/mol. The van der Waals surface area contributed by atoms with Crippen LogP contribution in [-0.4, -0.2) is 0 Å². The van der Waals surface area contributed by atoms with Gasteiger partial charge < -0.3 is 0 Å². The van der Waals surface area contributed by atoms with E-state index in [1.54, 1.807) is 0 Å². The highest BCUT2D eigenvalue weighted by molar-refractivity contribution is 7.33. The summed E-state index contributed by atoms with van der Waals surface area (Å²) in [5.74, 6) is 0. The molecule has 0 spiro atoms. The van der Waals surface area contributed by atoms with E-state index in [1.807, 2.05) is 28.7 Å². The first kappa shape index (κ1) is 25.7. The molecule has 208 valence electrons. The average Bonchev–Trinajstić information content (AvgIpc) is 3.65. The maximum atomic E-state index is 4.56. The molecule has 44 heavy (non-hydrogen) atoms. The molecular formula is C42H28S2. The zero-order chi connectivity index (χ0) is 29.4. The molecule has 0 saturated carbocycles. The van der Waals surface area contributed by atoms with Crippen LogP contribution in [0, 0.1) is 0 Å². The Labute approximate surface area is 263 Å². The Bertz CT molecular complexity index is 2590. The Hall–Kier alpha value is -4.76. The van der Waals surface area contributed by atoms with Crippen molar-refractivity contribution in [3.8, 4) is 11.1 Å². The van der Waals surface area contributed by atoms with Crippen molar-refractivity contribution in [2.24, 2.45) is 0 Å². The zero-order valence-electron chi connectivity index (χ0n) is 24.2. The summed E-state index contributed by atoms with van der Waals surface area (Å²) >= 11 is 3.87.